The molecule has 0 aliphatic carbocycles. The minimum Gasteiger partial charge on any atom is -1.00 e. The summed E-state index contributed by atoms with van der Waals surface area (Å²) in [6, 6.07) is 10.7. The maximum atomic E-state index is 11.0. The Hall–Kier alpha value is -1.58. The van der Waals surface area contributed by atoms with Gasteiger partial charge in [-0.1, -0.05) is 17.7 Å². The van der Waals surface area contributed by atoms with Gasteiger partial charge in [0, 0.05) is 23.8 Å². The van der Waals surface area contributed by atoms with Crippen LogP contribution in [0.5, 0.6) is 0 Å². The van der Waals surface area contributed by atoms with Gasteiger partial charge in [-0.05, 0) is 12.1 Å². The predicted octanol–water partition coefficient (Wildman–Crippen LogP) is -1.28. The molecule has 1 heterocycles. The number of rotatable bonds is 2. The number of nitrogens with two attached hydrogens (primary N) is 1. The number of pyridine rings is 1. The van der Waals surface area contributed by atoms with Gasteiger partial charge >= 0.3 is 0 Å². The molecule has 0 bridgehead atoms. The van der Waals surface area contributed by atoms with Crippen LogP contribution in [-0.2, 0) is 0 Å². The highest BCUT2D eigenvalue weighted by atomic mass is 35.5. The fourth-order valence-corrected chi connectivity index (χ4v) is 1.71. The summed E-state index contributed by atoms with van der Waals surface area (Å²) in [5, 5.41) is 0.493. The van der Waals surface area contributed by atoms with Crippen LogP contribution in [0.3, 0.4) is 0 Å². The Kier molecular flexibility index (Phi) is 4.49. The first-order chi connectivity index (χ1) is 7.68. The van der Waals surface area contributed by atoms with Crippen LogP contribution in [0.25, 0.3) is 5.69 Å². The van der Waals surface area contributed by atoms with E-state index in [2.05, 4.69) is 0 Å². The summed E-state index contributed by atoms with van der Waals surface area (Å²) in [5.41, 5.74) is 6.39. The van der Waals surface area contributed by atoms with E-state index in [0.29, 0.717) is 10.6 Å². The zero-order chi connectivity index (χ0) is 11.5. The number of hydrogen-bond donors (Lipinski definition) is 1. The van der Waals surface area contributed by atoms with Crippen molar-refractivity contribution in [3.63, 3.8) is 0 Å². The Balaban J connectivity index is 0.00000144. The Labute approximate surface area is 110 Å². The molecule has 2 aromatic rings. The second-order valence-corrected chi connectivity index (χ2v) is 3.72. The van der Waals surface area contributed by atoms with Crippen LogP contribution < -0.4 is 22.7 Å². The average Bonchev–Trinajstić information content (AvgIpc) is 2.30. The van der Waals surface area contributed by atoms with E-state index < -0.39 is 5.91 Å². The third-order valence-electron chi connectivity index (χ3n) is 2.23. The topological polar surface area (TPSA) is 47.0 Å². The molecule has 0 fully saturated rings. The third-order valence-corrected chi connectivity index (χ3v) is 2.53. The van der Waals surface area contributed by atoms with Crippen molar-refractivity contribution in [3.05, 3.63) is 59.4 Å². The summed E-state index contributed by atoms with van der Waals surface area (Å²) in [4.78, 5) is 11.0. The zero-order valence-corrected chi connectivity index (χ0v) is 10.3. The van der Waals surface area contributed by atoms with Gasteiger partial charge in [0.2, 0.25) is 11.6 Å². The predicted molar refractivity (Wildman–Crippen MR) is 61.5 cm³/mol. The van der Waals surface area contributed by atoms with Crippen LogP contribution in [0, 0.1) is 0 Å². The molecular formula is C12H10Cl2N2O. The lowest BCUT2D eigenvalue weighted by Gasteiger charge is -2.00. The minimum absolute atomic E-state index is 0. The molecule has 17 heavy (non-hydrogen) atoms. The normalized spacial score (nSPS) is 9.47. The lowest BCUT2D eigenvalue weighted by atomic mass is 10.2. The summed E-state index contributed by atoms with van der Waals surface area (Å²) >= 11 is 6.08. The number of hydrogen-bond acceptors (Lipinski definition) is 1. The Morgan fingerprint density at radius 1 is 1.18 bits per heavy atom. The molecule has 0 saturated heterocycles. The molecule has 1 aromatic carbocycles. The third kappa shape index (κ3) is 2.96. The van der Waals surface area contributed by atoms with Gasteiger partial charge in [0.15, 0.2) is 12.4 Å². The summed E-state index contributed by atoms with van der Waals surface area (Å²) < 4.78 is 1.87. The van der Waals surface area contributed by atoms with Gasteiger partial charge in [-0.2, -0.15) is 4.57 Å². The van der Waals surface area contributed by atoms with Gasteiger partial charge in [-0.3, -0.25) is 4.79 Å². The van der Waals surface area contributed by atoms with Crippen molar-refractivity contribution >= 4 is 17.5 Å². The second-order valence-electron chi connectivity index (χ2n) is 3.31. The fraction of sp³-hybridized carbons (Fsp3) is 0. The molecule has 3 nitrogen and oxygen atoms in total. The smallest absolute Gasteiger partial charge is 0.248 e. The first-order valence-corrected chi connectivity index (χ1v) is 5.12. The molecule has 2 rings (SSSR count). The Bertz CT molecular complexity index is 529. The highest BCUT2D eigenvalue weighted by Crippen LogP contribution is 2.17. The monoisotopic (exact) mass is 268 g/mol. The van der Waals surface area contributed by atoms with Crippen LogP contribution in [0.15, 0.2) is 48.8 Å². The summed E-state index contributed by atoms with van der Waals surface area (Å²) in [6.07, 6.45) is 3.76. The van der Waals surface area contributed by atoms with Crippen molar-refractivity contribution in [2.75, 3.05) is 0 Å². The first-order valence-electron chi connectivity index (χ1n) is 4.74. The molecule has 0 unspecified atom stereocenters. The zero-order valence-electron chi connectivity index (χ0n) is 8.81. The molecule has 5 heteroatoms. The van der Waals surface area contributed by atoms with Crippen LogP contribution in [0.1, 0.15) is 10.4 Å². The Morgan fingerprint density at radius 2 is 1.82 bits per heavy atom. The van der Waals surface area contributed by atoms with Crippen molar-refractivity contribution in [1.29, 1.82) is 0 Å². The van der Waals surface area contributed by atoms with Gasteiger partial charge in [0.05, 0.1) is 0 Å². The van der Waals surface area contributed by atoms with Gasteiger partial charge in [0.25, 0.3) is 0 Å². The van der Waals surface area contributed by atoms with Crippen LogP contribution in [0.2, 0.25) is 5.02 Å². The standard InChI is InChI=1S/C12H9ClN2O.ClH/c13-10-8-9(12(14)16)4-5-11(10)15-6-2-1-3-7-15;/h1-8H,(H-,14,16);1H. The number of amides is 1. The number of primary amides is 1. The van der Waals surface area contributed by atoms with E-state index in [-0.39, 0.29) is 12.4 Å². The van der Waals surface area contributed by atoms with E-state index >= 15 is 0 Å². The Morgan fingerprint density at radius 3 is 2.35 bits per heavy atom. The van der Waals surface area contributed by atoms with E-state index in [1.54, 1.807) is 18.2 Å². The number of aromatic nitrogens is 1. The van der Waals surface area contributed by atoms with Gasteiger partial charge in [0.1, 0.15) is 5.02 Å². The highest BCUT2D eigenvalue weighted by Gasteiger charge is 2.12. The largest absolute Gasteiger partial charge is 1.00 e. The maximum absolute atomic E-state index is 11.0. The summed E-state index contributed by atoms with van der Waals surface area (Å²) in [6.45, 7) is 0. The highest BCUT2D eigenvalue weighted by molar-refractivity contribution is 6.32. The van der Waals surface area contributed by atoms with E-state index in [0.717, 1.165) is 5.69 Å². The van der Waals surface area contributed by atoms with Gasteiger partial charge < -0.3 is 18.1 Å². The lowest BCUT2D eigenvalue weighted by Crippen LogP contribution is -3.00. The molecule has 2 N–H and O–H groups in total. The quantitative estimate of drug-likeness (QED) is 0.678. The van der Waals surface area contributed by atoms with Crippen molar-refractivity contribution in [3.8, 4) is 5.69 Å². The van der Waals surface area contributed by atoms with Gasteiger partial charge in [-0.25, -0.2) is 0 Å². The number of benzene rings is 1. The number of halogens is 2. The molecule has 1 aromatic heterocycles. The van der Waals surface area contributed by atoms with Crippen molar-refractivity contribution in [2.24, 2.45) is 5.73 Å². The van der Waals surface area contributed by atoms with E-state index in [4.69, 9.17) is 17.3 Å². The molecular weight excluding hydrogens is 259 g/mol. The molecule has 0 aliphatic heterocycles. The molecule has 0 saturated carbocycles. The fourth-order valence-electron chi connectivity index (χ4n) is 1.43. The van der Waals surface area contributed by atoms with Crippen molar-refractivity contribution < 1.29 is 21.8 Å². The summed E-state index contributed by atoms with van der Waals surface area (Å²) in [7, 11) is 0. The molecule has 0 atom stereocenters. The molecule has 0 aliphatic rings. The lowest BCUT2D eigenvalue weighted by molar-refractivity contribution is -0.595. The van der Waals surface area contributed by atoms with E-state index in [1.807, 2.05) is 35.2 Å². The molecule has 1 amide bonds. The van der Waals surface area contributed by atoms with Crippen molar-refractivity contribution in [2.45, 2.75) is 0 Å². The van der Waals surface area contributed by atoms with Crippen molar-refractivity contribution in [1.82, 2.24) is 0 Å². The van der Waals surface area contributed by atoms with Gasteiger partial charge in [-0.15, -0.1) is 0 Å². The van der Waals surface area contributed by atoms with Crippen LogP contribution >= 0.6 is 11.6 Å². The minimum atomic E-state index is -0.480. The average molecular weight is 269 g/mol. The number of carbonyl (C=O) groups excluding carboxylic acids is 1. The number of carbonyl (C=O) groups is 1. The second kappa shape index (κ2) is 5.66. The van der Waals surface area contributed by atoms with Crippen LogP contribution in [-0.4, -0.2) is 5.91 Å². The molecule has 0 spiro atoms. The van der Waals surface area contributed by atoms with Crippen LogP contribution in [0.4, 0.5) is 0 Å². The SMILES string of the molecule is NC(=O)c1ccc(-[n+]2ccccc2)c(Cl)c1.[Cl-]. The summed E-state index contributed by atoms with van der Waals surface area (Å²) in [5.74, 6) is -0.480. The van der Waals surface area contributed by atoms with E-state index in [1.165, 1.54) is 0 Å². The molecule has 0 radical (unpaired) electrons. The maximum Gasteiger partial charge on any atom is 0.248 e. The van der Waals surface area contributed by atoms with E-state index in [9.17, 15) is 4.79 Å². The molecule has 88 valence electrons. The number of nitrogens with zero attached hydrogens (tertiary/aromatic N) is 1. The first kappa shape index (κ1) is 13.5.